The van der Waals surface area contributed by atoms with Gasteiger partial charge >= 0.3 is 14.1 Å². The van der Waals surface area contributed by atoms with Crippen molar-refractivity contribution in [1.82, 2.24) is 0 Å². The lowest BCUT2D eigenvalue weighted by atomic mass is 10.3. The highest BCUT2D eigenvalue weighted by atomic mass is 27.2. The van der Waals surface area contributed by atoms with E-state index in [0.717, 1.165) is 6.92 Å². The average molecular weight is 318 g/mol. The van der Waals surface area contributed by atoms with Crippen molar-refractivity contribution in [2.24, 2.45) is 0 Å². The Labute approximate surface area is 141 Å². The summed E-state index contributed by atoms with van der Waals surface area (Å²) in [6, 6.07) is 32.7. The molecule has 3 aromatic rings. The van der Waals surface area contributed by atoms with E-state index < -0.39 is 20.1 Å². The third kappa shape index (κ3) is 5.41. The molecule has 0 aliphatic heterocycles. The molecule has 0 unspecified atom stereocenters. The molecule has 2 nitrogen and oxygen atoms in total. The van der Waals surface area contributed by atoms with Gasteiger partial charge in [-0.25, -0.2) is 0 Å². The predicted octanol–water partition coefficient (Wildman–Crippen LogP) is 2.29. The van der Waals surface area contributed by atoms with Gasteiger partial charge in [0.05, 0.1) is 0 Å². The summed E-state index contributed by atoms with van der Waals surface area (Å²) in [7, 11) is 0. The number of hydrogen-bond donors (Lipinski definition) is 1. The van der Waals surface area contributed by atoms with Crippen molar-refractivity contribution in [3.63, 3.8) is 0 Å². The maximum Gasteiger partial charge on any atom is 0.383 e. The molecule has 0 spiro atoms. The van der Waals surface area contributed by atoms with Crippen LogP contribution >= 0.6 is 0 Å². The van der Waals surface area contributed by atoms with Crippen LogP contribution in [0, 0.1) is 0 Å². The summed E-state index contributed by atoms with van der Waals surface area (Å²) in [5, 5.41) is 7.42. The minimum Gasteiger partial charge on any atom is -0.481 e. The number of rotatable bonds is 3. The van der Waals surface area contributed by atoms with Crippen molar-refractivity contribution >= 4 is 33.4 Å². The van der Waals surface area contributed by atoms with Crippen molar-refractivity contribution in [1.29, 1.82) is 0 Å². The Morgan fingerprint density at radius 1 is 0.652 bits per heavy atom. The van der Waals surface area contributed by atoms with Gasteiger partial charge in [0.1, 0.15) is 0 Å². The molecule has 3 heteroatoms. The summed E-state index contributed by atoms with van der Waals surface area (Å²) in [5.41, 5.74) is 0. The molecule has 0 heterocycles. The molecule has 0 radical (unpaired) electrons. The lowest BCUT2D eigenvalue weighted by Gasteiger charge is -2.13. The Morgan fingerprint density at radius 3 is 1.09 bits per heavy atom. The topological polar surface area (TPSA) is 37.3 Å². The molecule has 0 bridgehead atoms. The molecule has 114 valence electrons. The SMILES string of the molecule is CC(=O)O.c1cc[c]([Al]([c]2ccccc2)[c]2ccccc2)cc1. The quantitative estimate of drug-likeness (QED) is 0.753. The van der Waals surface area contributed by atoms with Gasteiger partial charge in [0.25, 0.3) is 5.97 Å². The van der Waals surface area contributed by atoms with E-state index in [1.165, 1.54) is 13.3 Å². The van der Waals surface area contributed by atoms with Crippen LogP contribution in [0.4, 0.5) is 0 Å². The summed E-state index contributed by atoms with van der Waals surface area (Å²) in [4.78, 5) is 9.00. The fourth-order valence-corrected chi connectivity index (χ4v) is 5.49. The monoisotopic (exact) mass is 318 g/mol. The highest BCUT2D eigenvalue weighted by Crippen LogP contribution is 1.95. The van der Waals surface area contributed by atoms with Crippen molar-refractivity contribution in [2.75, 3.05) is 0 Å². The molecule has 3 aromatic carbocycles. The maximum absolute atomic E-state index is 9.00. The van der Waals surface area contributed by atoms with E-state index in [1.54, 1.807) is 0 Å². The summed E-state index contributed by atoms with van der Waals surface area (Å²) in [6.07, 6.45) is 0. The summed E-state index contributed by atoms with van der Waals surface area (Å²) in [6.45, 7) is 1.08. The van der Waals surface area contributed by atoms with Crippen LogP contribution in [0.15, 0.2) is 91.0 Å². The van der Waals surface area contributed by atoms with E-state index in [-0.39, 0.29) is 0 Å². The second-order valence-electron chi connectivity index (χ2n) is 5.18. The second kappa shape index (κ2) is 8.95. The van der Waals surface area contributed by atoms with Crippen LogP contribution in [-0.2, 0) is 4.79 Å². The molecule has 0 aliphatic rings. The van der Waals surface area contributed by atoms with Crippen LogP contribution in [0.25, 0.3) is 0 Å². The molecule has 0 saturated heterocycles. The number of carboxylic acids is 1. The molecular weight excluding hydrogens is 299 g/mol. The van der Waals surface area contributed by atoms with Gasteiger partial charge in [-0.3, -0.25) is 4.79 Å². The molecule has 3 rings (SSSR count). The number of carbonyl (C=O) groups is 1. The van der Waals surface area contributed by atoms with Crippen LogP contribution in [-0.4, -0.2) is 25.2 Å². The van der Waals surface area contributed by atoms with Crippen LogP contribution in [0.2, 0.25) is 0 Å². The zero-order chi connectivity index (χ0) is 16.5. The van der Waals surface area contributed by atoms with Gasteiger partial charge < -0.3 is 5.11 Å². The lowest BCUT2D eigenvalue weighted by Crippen LogP contribution is -2.51. The minimum absolute atomic E-state index is 0.833. The number of carboxylic acid groups (broad SMARTS) is 1. The molecule has 23 heavy (non-hydrogen) atoms. The normalized spacial score (nSPS) is 9.43. The van der Waals surface area contributed by atoms with Crippen molar-refractivity contribution in [2.45, 2.75) is 6.92 Å². The van der Waals surface area contributed by atoms with Crippen molar-refractivity contribution < 1.29 is 9.90 Å². The second-order valence-corrected chi connectivity index (χ2v) is 8.05. The fourth-order valence-electron chi connectivity index (χ4n) is 2.51. The molecule has 0 saturated carbocycles. The number of aliphatic carboxylic acids is 1. The standard InChI is InChI=1S/3C6H5.C2H4O2.Al/c3*1-2-4-6-5-3-1;1-2(3)4;/h3*1-5H;1H3,(H,3,4);. The first kappa shape index (κ1) is 17.0. The molecule has 0 amide bonds. The van der Waals surface area contributed by atoms with Gasteiger partial charge in [-0.15, -0.1) is 0 Å². The summed E-state index contributed by atoms with van der Waals surface area (Å²) >= 11 is -1.31. The number of hydrogen-bond acceptors (Lipinski definition) is 1. The van der Waals surface area contributed by atoms with E-state index in [2.05, 4.69) is 91.0 Å². The van der Waals surface area contributed by atoms with Crippen LogP contribution in [0.5, 0.6) is 0 Å². The third-order valence-corrected chi connectivity index (χ3v) is 6.55. The largest absolute Gasteiger partial charge is 0.481 e. The Morgan fingerprint density at radius 2 is 0.870 bits per heavy atom. The highest BCUT2D eigenvalue weighted by molar-refractivity contribution is 6.95. The van der Waals surface area contributed by atoms with Gasteiger partial charge in [0, 0.05) is 6.92 Å². The summed E-state index contributed by atoms with van der Waals surface area (Å²) in [5.74, 6) is -0.833. The third-order valence-electron chi connectivity index (χ3n) is 3.40. The first-order valence-corrected chi connectivity index (χ1v) is 9.26. The van der Waals surface area contributed by atoms with Crippen LogP contribution in [0.1, 0.15) is 6.92 Å². The number of benzene rings is 3. The maximum atomic E-state index is 9.00. The van der Waals surface area contributed by atoms with E-state index in [9.17, 15) is 0 Å². The van der Waals surface area contributed by atoms with E-state index in [1.807, 2.05) is 0 Å². The van der Waals surface area contributed by atoms with Gasteiger partial charge in [-0.1, -0.05) is 104 Å². The molecule has 0 aromatic heterocycles. The fraction of sp³-hybridized carbons (Fsp3) is 0.0500. The molecule has 0 atom stereocenters. The van der Waals surface area contributed by atoms with Crippen molar-refractivity contribution in [3.05, 3.63) is 91.0 Å². The smallest absolute Gasteiger partial charge is 0.383 e. The van der Waals surface area contributed by atoms with Crippen LogP contribution in [0.3, 0.4) is 0 Å². The van der Waals surface area contributed by atoms with E-state index in [4.69, 9.17) is 9.90 Å². The average Bonchev–Trinajstić information content (AvgIpc) is 2.58. The van der Waals surface area contributed by atoms with E-state index >= 15 is 0 Å². The van der Waals surface area contributed by atoms with Gasteiger partial charge in [0.2, 0.25) is 0 Å². The summed E-state index contributed by atoms with van der Waals surface area (Å²) < 4.78 is 4.42. The van der Waals surface area contributed by atoms with Gasteiger partial charge in [-0.05, 0) is 0 Å². The Bertz CT molecular complexity index is 614. The van der Waals surface area contributed by atoms with Crippen molar-refractivity contribution in [3.8, 4) is 0 Å². The lowest BCUT2D eigenvalue weighted by molar-refractivity contribution is -0.134. The predicted molar refractivity (Wildman–Crippen MR) is 97.3 cm³/mol. The zero-order valence-corrected chi connectivity index (χ0v) is 14.2. The highest BCUT2D eigenvalue weighted by Gasteiger charge is 2.23. The molecule has 1 N–H and O–H groups in total. The Kier molecular flexibility index (Phi) is 6.62. The van der Waals surface area contributed by atoms with Gasteiger partial charge in [-0.2, -0.15) is 0 Å². The van der Waals surface area contributed by atoms with E-state index in [0.29, 0.717) is 0 Å². The minimum atomic E-state index is -1.31. The first-order valence-electron chi connectivity index (χ1n) is 7.53. The Hall–Kier alpha value is -2.34. The van der Waals surface area contributed by atoms with Crippen LogP contribution < -0.4 is 13.3 Å². The van der Waals surface area contributed by atoms with Gasteiger partial charge in [0.15, 0.2) is 0 Å². The zero-order valence-electron chi connectivity index (χ0n) is 13.1. The molecule has 0 fully saturated rings. The Balaban J connectivity index is 0.000000433. The first-order chi connectivity index (χ1) is 11.2. The molecule has 0 aliphatic carbocycles. The molecular formula is C20H19AlO2.